The Balaban J connectivity index is 1.22. The second kappa shape index (κ2) is 11.8. The number of methoxy groups -OCH3 is 1. The molecule has 2 aliphatic rings. The van der Waals surface area contributed by atoms with E-state index >= 15 is 0 Å². The normalized spacial score (nSPS) is 17.8. The largest absolute Gasteiger partial charge is 0.490 e. The molecule has 1 aliphatic heterocycles. The van der Waals surface area contributed by atoms with Crippen molar-refractivity contribution in [2.24, 2.45) is 0 Å². The average Bonchev–Trinajstić information content (AvgIpc) is 3.73. The highest BCUT2D eigenvalue weighted by molar-refractivity contribution is 7.16. The van der Waals surface area contributed by atoms with Crippen molar-refractivity contribution in [3.8, 4) is 16.5 Å². The van der Waals surface area contributed by atoms with Crippen molar-refractivity contribution >= 4 is 39.9 Å². The van der Waals surface area contributed by atoms with Crippen molar-refractivity contribution in [2.45, 2.75) is 63.7 Å². The third kappa shape index (κ3) is 5.57. The van der Waals surface area contributed by atoms with Gasteiger partial charge in [0.15, 0.2) is 4.88 Å². The van der Waals surface area contributed by atoms with Gasteiger partial charge in [-0.1, -0.05) is 42.6 Å². The summed E-state index contributed by atoms with van der Waals surface area (Å²) >= 11 is 7.70. The molecule has 0 radical (unpaired) electrons. The van der Waals surface area contributed by atoms with E-state index < -0.39 is 5.97 Å². The molecule has 2 fully saturated rings. The van der Waals surface area contributed by atoms with E-state index in [9.17, 15) is 4.79 Å². The summed E-state index contributed by atoms with van der Waals surface area (Å²) in [5.74, 6) is 0.833. The summed E-state index contributed by atoms with van der Waals surface area (Å²) < 4.78 is 19.7. The molecule has 3 heterocycles. The molecule has 0 N–H and O–H groups in total. The van der Waals surface area contributed by atoms with Gasteiger partial charge in [0.25, 0.3) is 0 Å². The first-order valence-electron chi connectivity index (χ1n) is 14.0. The summed E-state index contributed by atoms with van der Waals surface area (Å²) in [6, 6.07) is 16.2. The van der Waals surface area contributed by atoms with Crippen LogP contribution < -0.4 is 9.47 Å². The summed E-state index contributed by atoms with van der Waals surface area (Å²) in [4.78, 5) is 20.3. The first-order valence-corrected chi connectivity index (χ1v) is 15.2. The molecular weight excluding hydrogens is 546 g/mol. The number of rotatable bonds is 8. The van der Waals surface area contributed by atoms with Crippen LogP contribution in [0.25, 0.3) is 16.0 Å². The number of fused-ring (bicyclic) bond motifs is 1. The topological polar surface area (TPSA) is 65.8 Å². The van der Waals surface area contributed by atoms with Crippen molar-refractivity contribution in [3.63, 3.8) is 0 Å². The van der Waals surface area contributed by atoms with E-state index in [-0.39, 0.29) is 12.2 Å². The monoisotopic (exact) mass is 579 g/mol. The summed E-state index contributed by atoms with van der Waals surface area (Å²) in [5.41, 5.74) is 2.60. The highest BCUT2D eigenvalue weighted by Crippen LogP contribution is 2.38. The van der Waals surface area contributed by atoms with Crippen LogP contribution in [0.3, 0.4) is 0 Å². The van der Waals surface area contributed by atoms with E-state index in [1.54, 1.807) is 6.33 Å². The van der Waals surface area contributed by atoms with Crippen LogP contribution in [0.1, 0.15) is 66.8 Å². The first-order chi connectivity index (χ1) is 19.5. The zero-order chi connectivity index (χ0) is 27.6. The number of halogens is 1. The number of hydrogen-bond acceptors (Lipinski definition) is 7. The van der Waals surface area contributed by atoms with Gasteiger partial charge in [0, 0.05) is 41.9 Å². The van der Waals surface area contributed by atoms with Gasteiger partial charge in [-0.25, -0.2) is 9.78 Å². The predicted molar refractivity (Wildman–Crippen MR) is 158 cm³/mol. The second-order valence-corrected chi connectivity index (χ2v) is 12.0. The van der Waals surface area contributed by atoms with Crippen LogP contribution in [0.4, 0.5) is 0 Å². The first kappa shape index (κ1) is 27.1. The number of piperidine rings is 1. The highest BCUT2D eigenvalue weighted by atomic mass is 35.5. The Morgan fingerprint density at radius 3 is 2.60 bits per heavy atom. The minimum absolute atomic E-state index is 0.213. The predicted octanol–water partition coefficient (Wildman–Crippen LogP) is 7.45. The van der Waals surface area contributed by atoms with Gasteiger partial charge in [0.1, 0.15) is 35.0 Å². The third-order valence-electron chi connectivity index (χ3n) is 8.08. The molecule has 1 aliphatic carbocycles. The highest BCUT2D eigenvalue weighted by Gasteiger charge is 2.28. The molecule has 0 spiro atoms. The smallest absolute Gasteiger partial charge is 0.351 e. The summed E-state index contributed by atoms with van der Waals surface area (Å²) in [6.45, 7) is 4.13. The molecule has 210 valence electrons. The molecule has 0 bridgehead atoms. The van der Waals surface area contributed by atoms with Crippen LogP contribution in [0.5, 0.6) is 11.5 Å². The number of carbonyl (C=O) groups excluding carboxylic acids is 1. The fourth-order valence-electron chi connectivity index (χ4n) is 5.92. The minimum atomic E-state index is -0.449. The molecule has 2 aromatic carbocycles. The number of imidazole rings is 1. The number of nitrogens with zero attached hydrogens (tertiary/aromatic N) is 3. The number of esters is 1. The lowest BCUT2D eigenvalue weighted by Crippen LogP contribution is -2.43. The number of benzene rings is 2. The van der Waals surface area contributed by atoms with Crippen molar-refractivity contribution in [1.82, 2.24) is 14.5 Å². The Bertz CT molecular complexity index is 1490. The fourth-order valence-corrected chi connectivity index (χ4v) is 7.20. The molecule has 9 heteroatoms. The SMILES string of the molecule is COC(=O)c1sc(-n2cnc3ccc(OC4CCN(C5CCCC5)CC4)cc32)cc1O[C@H](C)c1ccccc1Cl. The van der Waals surface area contributed by atoms with Crippen molar-refractivity contribution in [3.05, 3.63) is 70.3 Å². The minimum Gasteiger partial charge on any atom is -0.490 e. The van der Waals surface area contributed by atoms with Gasteiger partial charge < -0.3 is 19.1 Å². The average molecular weight is 580 g/mol. The van der Waals surface area contributed by atoms with Crippen molar-refractivity contribution in [1.29, 1.82) is 0 Å². The molecule has 0 unspecified atom stereocenters. The standard InChI is InChI=1S/C31H34ClN3O4S/c1-20(24-9-5-6-10-25(24)32)38-28-18-29(40-30(28)31(36)37-2)35-19-33-26-12-11-23(17-27(26)35)39-22-13-15-34(16-14-22)21-7-3-4-8-21/h5-6,9-12,17-22H,3-4,7-8,13-16H2,1-2H3/t20-/m1/s1. The van der Waals surface area contributed by atoms with Gasteiger partial charge in [0.2, 0.25) is 0 Å². The molecule has 1 atom stereocenters. The van der Waals surface area contributed by atoms with E-state index in [2.05, 4.69) is 9.88 Å². The van der Waals surface area contributed by atoms with Crippen LogP contribution in [0, 0.1) is 0 Å². The van der Waals surface area contributed by atoms with E-state index in [0.717, 1.165) is 59.3 Å². The summed E-state index contributed by atoms with van der Waals surface area (Å²) in [6.07, 6.45) is 9.14. The Hall–Kier alpha value is -3.07. The number of likely N-dealkylation sites (tertiary alicyclic amines) is 1. The number of hydrogen-bond donors (Lipinski definition) is 0. The fraction of sp³-hybridized carbons (Fsp3) is 0.419. The maximum Gasteiger partial charge on any atom is 0.351 e. The van der Waals surface area contributed by atoms with E-state index in [1.807, 2.05) is 60.0 Å². The Kier molecular flexibility index (Phi) is 8.01. The molecule has 1 saturated carbocycles. The number of carbonyl (C=O) groups is 1. The zero-order valence-electron chi connectivity index (χ0n) is 22.8. The molecule has 6 rings (SSSR count). The lowest BCUT2D eigenvalue weighted by molar-refractivity contribution is 0.0600. The van der Waals surface area contributed by atoms with E-state index in [4.69, 9.17) is 25.8 Å². The van der Waals surface area contributed by atoms with Crippen molar-refractivity contribution < 1.29 is 19.0 Å². The molecule has 7 nitrogen and oxygen atoms in total. The van der Waals surface area contributed by atoms with Gasteiger partial charge in [0.05, 0.1) is 18.1 Å². The molecular formula is C31H34ClN3O4S. The molecule has 0 amide bonds. The van der Waals surface area contributed by atoms with Gasteiger partial charge in [-0.3, -0.25) is 4.57 Å². The van der Waals surface area contributed by atoms with Crippen LogP contribution in [0.15, 0.2) is 54.9 Å². The van der Waals surface area contributed by atoms with Crippen LogP contribution in [-0.2, 0) is 4.74 Å². The van der Waals surface area contributed by atoms with Gasteiger partial charge in [-0.15, -0.1) is 11.3 Å². The summed E-state index contributed by atoms with van der Waals surface area (Å²) in [7, 11) is 1.37. The lowest BCUT2D eigenvalue weighted by Gasteiger charge is -2.36. The Labute approximate surface area is 243 Å². The number of aromatic nitrogens is 2. The maximum atomic E-state index is 12.7. The maximum absolute atomic E-state index is 12.7. The van der Waals surface area contributed by atoms with Crippen molar-refractivity contribution in [2.75, 3.05) is 20.2 Å². The number of thiophene rings is 1. The molecule has 2 aromatic heterocycles. The third-order valence-corrected chi connectivity index (χ3v) is 9.52. The zero-order valence-corrected chi connectivity index (χ0v) is 24.4. The Morgan fingerprint density at radius 2 is 1.85 bits per heavy atom. The van der Waals surface area contributed by atoms with Crippen LogP contribution >= 0.6 is 22.9 Å². The van der Waals surface area contributed by atoms with Gasteiger partial charge in [-0.2, -0.15) is 0 Å². The Morgan fingerprint density at radius 1 is 1.07 bits per heavy atom. The van der Waals surface area contributed by atoms with E-state index in [1.165, 1.54) is 44.1 Å². The molecule has 1 saturated heterocycles. The van der Waals surface area contributed by atoms with Gasteiger partial charge in [-0.05, 0) is 50.8 Å². The summed E-state index contributed by atoms with van der Waals surface area (Å²) in [5, 5.41) is 1.41. The van der Waals surface area contributed by atoms with E-state index in [0.29, 0.717) is 15.6 Å². The van der Waals surface area contributed by atoms with Gasteiger partial charge >= 0.3 is 5.97 Å². The molecule has 4 aromatic rings. The quantitative estimate of drug-likeness (QED) is 0.202. The van der Waals surface area contributed by atoms with Crippen LogP contribution in [0.2, 0.25) is 5.02 Å². The second-order valence-electron chi connectivity index (χ2n) is 10.6. The number of ether oxygens (including phenoxy) is 3. The lowest BCUT2D eigenvalue weighted by atomic mass is 10.0. The molecule has 40 heavy (non-hydrogen) atoms. The van der Waals surface area contributed by atoms with Crippen LogP contribution in [-0.4, -0.2) is 52.8 Å².